The van der Waals surface area contributed by atoms with Crippen LogP contribution in [0.25, 0.3) is 0 Å². The van der Waals surface area contributed by atoms with Crippen molar-refractivity contribution in [1.82, 2.24) is 15.4 Å². The van der Waals surface area contributed by atoms with Gasteiger partial charge < -0.3 is 24.2 Å². The molecule has 0 saturated carbocycles. The third-order valence-electron chi connectivity index (χ3n) is 5.16. The Labute approximate surface area is 166 Å². The summed E-state index contributed by atoms with van der Waals surface area (Å²) < 4.78 is 16.2. The second kappa shape index (κ2) is 8.99. The number of aromatic nitrogens is 1. The Hall–Kier alpha value is -2.70. The van der Waals surface area contributed by atoms with Gasteiger partial charge in [-0.3, -0.25) is 4.99 Å². The van der Waals surface area contributed by atoms with E-state index in [0.717, 1.165) is 67.0 Å². The zero-order valence-electron chi connectivity index (χ0n) is 17.5. The molecule has 2 aromatic rings. The number of aryl methyl sites for hydroxylation is 2. The smallest absolute Gasteiger partial charge is 0.194 e. The van der Waals surface area contributed by atoms with E-state index in [1.165, 1.54) is 11.1 Å². The lowest BCUT2D eigenvalue weighted by Crippen LogP contribution is -2.44. The molecule has 1 aliphatic rings. The minimum atomic E-state index is 0.695. The molecule has 0 amide bonds. The van der Waals surface area contributed by atoms with E-state index >= 15 is 0 Å². The first-order chi connectivity index (χ1) is 13.6. The number of nitrogens with zero attached hydrogens (tertiary/aromatic N) is 3. The molecule has 152 valence electrons. The van der Waals surface area contributed by atoms with Gasteiger partial charge in [-0.25, -0.2) is 0 Å². The molecular formula is C21H30N4O3. The fourth-order valence-corrected chi connectivity index (χ4v) is 3.62. The van der Waals surface area contributed by atoms with Crippen LogP contribution in [-0.4, -0.2) is 49.9 Å². The third-order valence-corrected chi connectivity index (χ3v) is 5.16. The molecule has 3 rings (SSSR count). The van der Waals surface area contributed by atoms with Gasteiger partial charge in [0.1, 0.15) is 5.76 Å². The zero-order valence-corrected chi connectivity index (χ0v) is 17.5. The Morgan fingerprint density at radius 2 is 1.93 bits per heavy atom. The summed E-state index contributed by atoms with van der Waals surface area (Å²) in [6, 6.07) is 4.17. The third kappa shape index (κ3) is 4.24. The van der Waals surface area contributed by atoms with Crippen LogP contribution in [-0.2, 0) is 19.4 Å². The molecule has 0 atom stereocenters. The molecule has 1 aromatic heterocycles. The van der Waals surface area contributed by atoms with Crippen LogP contribution in [0.1, 0.15) is 35.1 Å². The number of fused-ring (bicyclic) bond motifs is 1. The number of rotatable bonds is 6. The summed E-state index contributed by atoms with van der Waals surface area (Å²) in [7, 11) is 3.35. The van der Waals surface area contributed by atoms with Crippen LogP contribution in [0.4, 0.5) is 0 Å². The maximum absolute atomic E-state index is 5.47. The van der Waals surface area contributed by atoms with Gasteiger partial charge in [-0.15, -0.1) is 0 Å². The Bertz CT molecular complexity index is 825. The first-order valence-electron chi connectivity index (χ1n) is 9.76. The van der Waals surface area contributed by atoms with Crippen molar-refractivity contribution < 1.29 is 14.0 Å². The number of benzene rings is 1. The Morgan fingerprint density at radius 1 is 1.21 bits per heavy atom. The van der Waals surface area contributed by atoms with E-state index in [2.05, 4.69) is 34.4 Å². The largest absolute Gasteiger partial charge is 0.493 e. The number of ether oxygens (including phenoxy) is 2. The van der Waals surface area contributed by atoms with E-state index in [4.69, 9.17) is 19.0 Å². The molecule has 7 heteroatoms. The average Bonchev–Trinajstić information content (AvgIpc) is 3.03. The minimum absolute atomic E-state index is 0.695. The van der Waals surface area contributed by atoms with Crippen molar-refractivity contribution in [1.29, 1.82) is 0 Å². The summed E-state index contributed by atoms with van der Waals surface area (Å²) in [5.41, 5.74) is 4.66. The van der Waals surface area contributed by atoms with Gasteiger partial charge >= 0.3 is 0 Å². The van der Waals surface area contributed by atoms with Crippen molar-refractivity contribution >= 4 is 5.96 Å². The highest BCUT2D eigenvalue weighted by atomic mass is 16.5. The monoisotopic (exact) mass is 386 g/mol. The van der Waals surface area contributed by atoms with Gasteiger partial charge in [0.25, 0.3) is 0 Å². The van der Waals surface area contributed by atoms with Crippen LogP contribution < -0.4 is 14.8 Å². The van der Waals surface area contributed by atoms with Crippen LogP contribution in [0.5, 0.6) is 11.5 Å². The van der Waals surface area contributed by atoms with Crippen molar-refractivity contribution in [2.24, 2.45) is 4.99 Å². The molecule has 1 N–H and O–H groups in total. The topological polar surface area (TPSA) is 72.1 Å². The molecular weight excluding hydrogens is 356 g/mol. The maximum Gasteiger partial charge on any atom is 0.194 e. The average molecular weight is 386 g/mol. The summed E-state index contributed by atoms with van der Waals surface area (Å²) in [5, 5.41) is 7.45. The molecule has 0 fully saturated rings. The number of aliphatic imine (C=N–C) groups is 1. The predicted molar refractivity (Wildman–Crippen MR) is 109 cm³/mol. The first kappa shape index (κ1) is 20.0. The van der Waals surface area contributed by atoms with E-state index in [-0.39, 0.29) is 0 Å². The lowest BCUT2D eigenvalue weighted by atomic mass is 9.99. The van der Waals surface area contributed by atoms with E-state index < -0.39 is 0 Å². The van der Waals surface area contributed by atoms with Gasteiger partial charge in [0.05, 0.1) is 19.9 Å². The van der Waals surface area contributed by atoms with Gasteiger partial charge in [-0.2, -0.15) is 0 Å². The first-order valence-corrected chi connectivity index (χ1v) is 9.76. The number of hydrogen-bond donors (Lipinski definition) is 1. The molecule has 1 aliphatic heterocycles. The number of hydrogen-bond acceptors (Lipinski definition) is 5. The lowest BCUT2D eigenvalue weighted by molar-refractivity contribution is 0.346. The highest BCUT2D eigenvalue weighted by Crippen LogP contribution is 2.33. The molecule has 0 spiro atoms. The summed E-state index contributed by atoms with van der Waals surface area (Å²) in [6.07, 6.45) is 1.77. The number of methoxy groups -OCH3 is 2. The summed E-state index contributed by atoms with van der Waals surface area (Å²) in [6.45, 7) is 9.26. The van der Waals surface area contributed by atoms with E-state index in [1.807, 2.05) is 13.8 Å². The quantitative estimate of drug-likeness (QED) is 0.608. The van der Waals surface area contributed by atoms with E-state index in [0.29, 0.717) is 6.54 Å². The standard InChI is InChI=1S/C21H30N4O3/c1-6-22-21(23-9-7-18-14(2)24-28-15(18)3)25-10-8-16-11-19(26-4)20(27-5)12-17(16)13-25/h11-12H,6-10,13H2,1-5H3,(H,22,23). The zero-order chi connectivity index (χ0) is 20.1. The molecule has 1 aromatic carbocycles. The normalized spacial score (nSPS) is 14.0. The van der Waals surface area contributed by atoms with Crippen LogP contribution in [0.3, 0.4) is 0 Å². The van der Waals surface area contributed by atoms with Crippen LogP contribution in [0, 0.1) is 13.8 Å². The maximum atomic E-state index is 5.47. The van der Waals surface area contributed by atoms with Gasteiger partial charge in [0, 0.05) is 31.7 Å². The second-order valence-electron chi connectivity index (χ2n) is 6.94. The number of nitrogens with one attached hydrogen (secondary N) is 1. The van der Waals surface area contributed by atoms with Crippen molar-refractivity contribution in [3.8, 4) is 11.5 Å². The highest BCUT2D eigenvalue weighted by molar-refractivity contribution is 5.80. The number of guanidine groups is 1. The van der Waals surface area contributed by atoms with Crippen molar-refractivity contribution in [2.75, 3.05) is 33.9 Å². The molecule has 0 radical (unpaired) electrons. The van der Waals surface area contributed by atoms with Gasteiger partial charge in [-0.05, 0) is 56.9 Å². The Morgan fingerprint density at radius 3 is 2.54 bits per heavy atom. The van der Waals surface area contributed by atoms with Crippen LogP contribution in [0.2, 0.25) is 0 Å². The summed E-state index contributed by atoms with van der Waals surface area (Å²) in [5.74, 6) is 3.37. The SMILES string of the molecule is CCNC(=NCCc1c(C)noc1C)N1CCc2cc(OC)c(OC)cc2C1. The van der Waals surface area contributed by atoms with Crippen molar-refractivity contribution in [2.45, 2.75) is 40.2 Å². The molecule has 28 heavy (non-hydrogen) atoms. The molecule has 0 unspecified atom stereocenters. The molecule has 7 nitrogen and oxygen atoms in total. The van der Waals surface area contributed by atoms with Crippen LogP contribution in [0.15, 0.2) is 21.6 Å². The van der Waals surface area contributed by atoms with Gasteiger partial charge in [0.15, 0.2) is 17.5 Å². The van der Waals surface area contributed by atoms with Gasteiger partial charge in [-0.1, -0.05) is 5.16 Å². The fraction of sp³-hybridized carbons (Fsp3) is 0.524. The predicted octanol–water partition coefficient (Wildman–Crippen LogP) is 2.87. The molecule has 0 aliphatic carbocycles. The fourth-order valence-electron chi connectivity index (χ4n) is 3.62. The molecule has 0 bridgehead atoms. The lowest BCUT2D eigenvalue weighted by Gasteiger charge is -2.32. The molecule has 0 saturated heterocycles. The Balaban J connectivity index is 1.74. The van der Waals surface area contributed by atoms with Gasteiger partial charge in [0.2, 0.25) is 0 Å². The minimum Gasteiger partial charge on any atom is -0.493 e. The highest BCUT2D eigenvalue weighted by Gasteiger charge is 2.21. The summed E-state index contributed by atoms with van der Waals surface area (Å²) in [4.78, 5) is 7.15. The second-order valence-corrected chi connectivity index (χ2v) is 6.94. The van der Waals surface area contributed by atoms with Crippen molar-refractivity contribution in [3.63, 3.8) is 0 Å². The van der Waals surface area contributed by atoms with Crippen molar-refractivity contribution in [3.05, 3.63) is 40.3 Å². The summed E-state index contributed by atoms with van der Waals surface area (Å²) >= 11 is 0. The van der Waals surface area contributed by atoms with E-state index in [9.17, 15) is 0 Å². The molecule has 2 heterocycles. The van der Waals surface area contributed by atoms with E-state index in [1.54, 1.807) is 14.2 Å². The Kier molecular flexibility index (Phi) is 6.44. The van der Waals surface area contributed by atoms with Crippen LogP contribution >= 0.6 is 0 Å².